The second-order valence-electron chi connectivity index (χ2n) is 6.09. The summed E-state index contributed by atoms with van der Waals surface area (Å²) in [7, 11) is 0. The Balaban J connectivity index is 1.80. The second kappa shape index (κ2) is 6.79. The van der Waals surface area contributed by atoms with Crippen molar-refractivity contribution in [3.8, 4) is 0 Å². The quantitative estimate of drug-likeness (QED) is 0.520. The minimum absolute atomic E-state index is 0.319. The third-order valence-electron chi connectivity index (χ3n) is 4.56. The molecule has 2 aromatic rings. The van der Waals surface area contributed by atoms with Crippen molar-refractivity contribution in [2.24, 2.45) is 0 Å². The van der Waals surface area contributed by atoms with Gasteiger partial charge >= 0.3 is 5.97 Å². The summed E-state index contributed by atoms with van der Waals surface area (Å²) >= 11 is 0. The summed E-state index contributed by atoms with van der Waals surface area (Å²) in [4.78, 5) is 33.7. The molecule has 1 aliphatic rings. The van der Waals surface area contributed by atoms with Crippen LogP contribution in [0.4, 0.5) is 0 Å². The number of carboxylic acids is 1. The van der Waals surface area contributed by atoms with Gasteiger partial charge < -0.3 is 5.11 Å². The molecule has 0 saturated heterocycles. The van der Waals surface area contributed by atoms with Gasteiger partial charge in [-0.25, -0.2) is 4.79 Å². The minimum atomic E-state index is -1.57. The summed E-state index contributed by atoms with van der Waals surface area (Å²) in [6.07, 6.45) is 2.71. The molecular weight excluding hydrogens is 304 g/mol. The normalized spacial score (nSPS) is 16.2. The number of benzene rings is 2. The first kappa shape index (κ1) is 16.1. The molecular formula is C20H18O4. The van der Waals surface area contributed by atoms with Gasteiger partial charge in [0.1, 0.15) is 0 Å². The molecule has 0 radical (unpaired) electrons. The molecule has 0 saturated carbocycles. The molecule has 0 amide bonds. The largest absolute Gasteiger partial charge is 0.475 e. The lowest BCUT2D eigenvalue weighted by Crippen LogP contribution is -2.17. The van der Waals surface area contributed by atoms with Gasteiger partial charge in [0.25, 0.3) is 0 Å². The highest BCUT2D eigenvalue weighted by molar-refractivity contribution is 6.37. The maximum Gasteiger partial charge on any atom is 0.372 e. The number of carbonyl (C=O) groups is 3. The zero-order valence-corrected chi connectivity index (χ0v) is 13.2. The Kier molecular flexibility index (Phi) is 4.56. The van der Waals surface area contributed by atoms with E-state index >= 15 is 0 Å². The first-order valence-electron chi connectivity index (χ1n) is 8.03. The molecule has 4 nitrogen and oxygen atoms in total. The van der Waals surface area contributed by atoms with Crippen molar-refractivity contribution in [2.75, 3.05) is 0 Å². The molecule has 0 heterocycles. The zero-order chi connectivity index (χ0) is 17.1. The van der Waals surface area contributed by atoms with Crippen molar-refractivity contribution in [1.29, 1.82) is 0 Å². The Morgan fingerprint density at radius 2 is 1.71 bits per heavy atom. The monoisotopic (exact) mass is 322 g/mol. The number of Topliss-reactive ketones (excluding diaryl/α,β-unsaturated/α-hetero) is 2. The van der Waals surface area contributed by atoms with Crippen LogP contribution < -0.4 is 0 Å². The predicted octanol–water partition coefficient (Wildman–Crippen LogP) is 3.38. The van der Waals surface area contributed by atoms with Gasteiger partial charge in [-0.1, -0.05) is 48.5 Å². The van der Waals surface area contributed by atoms with Crippen LogP contribution in [0.2, 0.25) is 0 Å². The summed E-state index contributed by atoms with van der Waals surface area (Å²) in [5, 5.41) is 8.58. The fourth-order valence-electron chi connectivity index (χ4n) is 3.32. The lowest BCUT2D eigenvalue weighted by molar-refractivity contribution is -0.148. The zero-order valence-electron chi connectivity index (χ0n) is 13.2. The number of aryl methyl sites for hydroxylation is 1. The second-order valence-corrected chi connectivity index (χ2v) is 6.09. The molecule has 4 heteroatoms. The number of carbonyl (C=O) groups excluding carboxylic acids is 2. The van der Waals surface area contributed by atoms with Crippen molar-refractivity contribution in [1.82, 2.24) is 0 Å². The van der Waals surface area contributed by atoms with Crippen molar-refractivity contribution >= 4 is 17.5 Å². The van der Waals surface area contributed by atoms with Gasteiger partial charge in [-0.3, -0.25) is 9.59 Å². The molecule has 0 bridgehead atoms. The molecule has 1 atom stereocenters. The van der Waals surface area contributed by atoms with Crippen LogP contribution in [0.5, 0.6) is 0 Å². The van der Waals surface area contributed by atoms with Crippen LogP contribution in [0.1, 0.15) is 52.2 Å². The van der Waals surface area contributed by atoms with Crippen molar-refractivity contribution in [2.45, 2.75) is 31.6 Å². The lowest BCUT2D eigenvalue weighted by atomic mass is 9.79. The molecule has 0 fully saturated rings. The van der Waals surface area contributed by atoms with Gasteiger partial charge in [0.2, 0.25) is 5.78 Å². The lowest BCUT2D eigenvalue weighted by Gasteiger charge is -2.26. The van der Waals surface area contributed by atoms with E-state index in [2.05, 4.69) is 18.2 Å². The highest BCUT2D eigenvalue weighted by atomic mass is 16.4. The van der Waals surface area contributed by atoms with E-state index in [4.69, 9.17) is 5.11 Å². The number of hydrogen-bond donors (Lipinski definition) is 1. The van der Waals surface area contributed by atoms with E-state index in [1.165, 1.54) is 11.1 Å². The first-order chi connectivity index (χ1) is 11.6. The Labute approximate surface area is 140 Å². The molecule has 3 rings (SSSR count). The third-order valence-corrected chi connectivity index (χ3v) is 4.56. The highest BCUT2D eigenvalue weighted by Gasteiger charge is 2.22. The van der Waals surface area contributed by atoms with Gasteiger partial charge in [0.15, 0.2) is 5.78 Å². The molecule has 0 aromatic heterocycles. The van der Waals surface area contributed by atoms with E-state index in [1.54, 1.807) is 12.1 Å². The Morgan fingerprint density at radius 3 is 2.42 bits per heavy atom. The fourth-order valence-corrected chi connectivity index (χ4v) is 3.32. The molecule has 0 spiro atoms. The van der Waals surface area contributed by atoms with E-state index in [9.17, 15) is 14.4 Å². The highest BCUT2D eigenvalue weighted by Crippen LogP contribution is 2.36. The van der Waals surface area contributed by atoms with Crippen LogP contribution in [-0.2, 0) is 16.0 Å². The van der Waals surface area contributed by atoms with E-state index in [0.29, 0.717) is 11.5 Å². The summed E-state index contributed by atoms with van der Waals surface area (Å²) in [6.45, 7) is 0. The molecule has 1 N–H and O–H groups in total. The van der Waals surface area contributed by atoms with Crippen LogP contribution >= 0.6 is 0 Å². The number of carboxylic acid groups (broad SMARTS) is 1. The average Bonchev–Trinajstić information content (AvgIpc) is 2.61. The van der Waals surface area contributed by atoms with Crippen molar-refractivity contribution in [3.63, 3.8) is 0 Å². The standard InChI is InChI=1S/C20H18O4/c21-18(12-19(22)20(23)24)15-10-8-14(9-11-15)17-7-3-5-13-4-1-2-6-16(13)17/h1-2,4,6,8-11,17H,3,5,7,12H2,(H,23,24)/t17-/m0/s1. The van der Waals surface area contributed by atoms with E-state index in [-0.39, 0.29) is 0 Å². The Morgan fingerprint density at radius 1 is 1.00 bits per heavy atom. The molecule has 24 heavy (non-hydrogen) atoms. The summed E-state index contributed by atoms with van der Waals surface area (Å²) in [5.74, 6) is -2.79. The topological polar surface area (TPSA) is 71.4 Å². The summed E-state index contributed by atoms with van der Waals surface area (Å²) < 4.78 is 0. The van der Waals surface area contributed by atoms with Crippen LogP contribution in [0, 0.1) is 0 Å². The first-order valence-corrected chi connectivity index (χ1v) is 8.03. The Bertz CT molecular complexity index is 790. The smallest absolute Gasteiger partial charge is 0.372 e. The summed E-state index contributed by atoms with van der Waals surface area (Å²) in [6, 6.07) is 15.6. The number of fused-ring (bicyclic) bond motifs is 1. The van der Waals surface area contributed by atoms with E-state index < -0.39 is 24.0 Å². The molecule has 1 aliphatic carbocycles. The van der Waals surface area contributed by atoms with Gasteiger partial charge in [-0.15, -0.1) is 0 Å². The molecule has 122 valence electrons. The predicted molar refractivity (Wildman–Crippen MR) is 89.3 cm³/mol. The molecule has 0 aliphatic heterocycles. The number of aliphatic carboxylic acids is 1. The average molecular weight is 322 g/mol. The van der Waals surface area contributed by atoms with E-state index in [1.807, 2.05) is 18.2 Å². The van der Waals surface area contributed by atoms with Crippen molar-refractivity contribution < 1.29 is 19.5 Å². The van der Waals surface area contributed by atoms with Crippen molar-refractivity contribution in [3.05, 3.63) is 70.8 Å². The van der Waals surface area contributed by atoms with Gasteiger partial charge in [0, 0.05) is 11.5 Å². The summed E-state index contributed by atoms with van der Waals surface area (Å²) in [5.41, 5.74) is 4.23. The maximum absolute atomic E-state index is 12.0. The molecule has 2 aromatic carbocycles. The Hall–Kier alpha value is -2.75. The molecule has 0 unspecified atom stereocenters. The van der Waals surface area contributed by atoms with Crippen LogP contribution in [-0.4, -0.2) is 22.6 Å². The van der Waals surface area contributed by atoms with Crippen LogP contribution in [0.15, 0.2) is 48.5 Å². The van der Waals surface area contributed by atoms with Crippen LogP contribution in [0.3, 0.4) is 0 Å². The number of ketones is 2. The van der Waals surface area contributed by atoms with E-state index in [0.717, 1.165) is 24.8 Å². The number of hydrogen-bond acceptors (Lipinski definition) is 3. The third kappa shape index (κ3) is 3.27. The maximum atomic E-state index is 12.0. The van der Waals surface area contributed by atoms with Gasteiger partial charge in [-0.2, -0.15) is 0 Å². The van der Waals surface area contributed by atoms with Crippen LogP contribution in [0.25, 0.3) is 0 Å². The SMILES string of the molecule is O=C(O)C(=O)CC(=O)c1ccc([C@@H]2CCCc3ccccc32)cc1. The minimum Gasteiger partial charge on any atom is -0.475 e. The number of rotatable bonds is 5. The van der Waals surface area contributed by atoms with Gasteiger partial charge in [-0.05, 0) is 36.0 Å². The van der Waals surface area contributed by atoms with Gasteiger partial charge in [0.05, 0.1) is 6.42 Å². The fraction of sp³-hybridized carbons (Fsp3) is 0.250.